The van der Waals surface area contributed by atoms with Gasteiger partial charge >= 0.3 is 0 Å². The lowest BCUT2D eigenvalue weighted by molar-refractivity contribution is 0.814. The van der Waals surface area contributed by atoms with Crippen LogP contribution >= 0.6 is 23.5 Å². The maximum atomic E-state index is 4.51. The second-order valence-corrected chi connectivity index (χ2v) is 8.59. The highest BCUT2D eigenvalue weighted by atomic mass is 32.2. The van der Waals surface area contributed by atoms with E-state index in [1.165, 1.54) is 26.4 Å². The summed E-state index contributed by atoms with van der Waals surface area (Å²) in [6.07, 6.45) is 5.64. The third-order valence-electron chi connectivity index (χ3n) is 4.52. The number of nitrogens with zero attached hydrogens (tertiary/aromatic N) is 3. The smallest absolute Gasteiger partial charge is 0.0961 e. The first-order valence-electron chi connectivity index (χ1n) is 8.95. The molecule has 4 aromatic rings. The van der Waals surface area contributed by atoms with Crippen LogP contribution in [0.4, 0.5) is 0 Å². The highest BCUT2D eigenvalue weighted by Crippen LogP contribution is 2.28. The zero-order valence-electron chi connectivity index (χ0n) is 15.2. The van der Waals surface area contributed by atoms with Crippen molar-refractivity contribution in [2.75, 3.05) is 11.5 Å². The Bertz CT molecular complexity index is 1030. The number of pyridine rings is 1. The number of thioether (sulfide) groups is 2. The topological polar surface area (TPSA) is 30.7 Å². The van der Waals surface area contributed by atoms with Gasteiger partial charge in [-0.3, -0.25) is 4.98 Å². The quantitative estimate of drug-likeness (QED) is 0.300. The molecule has 0 aliphatic rings. The number of fused-ring (bicyclic) bond motifs is 1. The van der Waals surface area contributed by atoms with Crippen molar-refractivity contribution < 1.29 is 0 Å². The van der Waals surface area contributed by atoms with E-state index in [0.717, 1.165) is 23.6 Å². The van der Waals surface area contributed by atoms with Crippen molar-refractivity contribution in [3.05, 3.63) is 84.4 Å². The first-order valence-corrected chi connectivity index (χ1v) is 10.9. The van der Waals surface area contributed by atoms with E-state index in [2.05, 4.69) is 70.0 Å². The summed E-state index contributed by atoms with van der Waals surface area (Å²) in [4.78, 5) is 11.2. The van der Waals surface area contributed by atoms with Crippen molar-refractivity contribution in [1.82, 2.24) is 14.5 Å². The van der Waals surface area contributed by atoms with Gasteiger partial charge < -0.3 is 4.57 Å². The van der Waals surface area contributed by atoms with Gasteiger partial charge in [-0.25, -0.2) is 4.98 Å². The van der Waals surface area contributed by atoms with Gasteiger partial charge in [0.1, 0.15) is 0 Å². The summed E-state index contributed by atoms with van der Waals surface area (Å²) in [5.41, 5.74) is 4.96. The predicted molar refractivity (Wildman–Crippen MR) is 116 cm³/mol. The molecule has 0 unspecified atom stereocenters. The molecule has 4 rings (SSSR count). The summed E-state index contributed by atoms with van der Waals surface area (Å²) < 4.78 is 2.23. The molecule has 0 amide bonds. The maximum Gasteiger partial charge on any atom is 0.0961 e. The summed E-state index contributed by atoms with van der Waals surface area (Å²) in [6, 6.07) is 19.0. The minimum Gasteiger partial charge on any atom is -0.326 e. The van der Waals surface area contributed by atoms with Crippen LogP contribution < -0.4 is 0 Å². The average molecular weight is 392 g/mol. The molecule has 0 N–H and O–H groups in total. The summed E-state index contributed by atoms with van der Waals surface area (Å²) in [5, 5.41) is 0. The molecule has 2 aromatic heterocycles. The molecular formula is C22H21N3S2. The normalized spacial score (nSPS) is 11.1. The molecule has 5 heteroatoms. The maximum absolute atomic E-state index is 4.51. The van der Waals surface area contributed by atoms with Gasteiger partial charge in [0.05, 0.1) is 17.4 Å². The van der Waals surface area contributed by atoms with E-state index < -0.39 is 0 Å². The van der Waals surface area contributed by atoms with Crippen molar-refractivity contribution in [1.29, 1.82) is 0 Å². The summed E-state index contributed by atoms with van der Waals surface area (Å²) in [7, 11) is 0. The highest BCUT2D eigenvalue weighted by molar-refractivity contribution is 8.03. The minimum atomic E-state index is 0.854. The van der Waals surface area contributed by atoms with E-state index in [1.54, 1.807) is 0 Å². The number of para-hydroxylation sites is 2. The van der Waals surface area contributed by atoms with Crippen LogP contribution in [0.15, 0.2) is 83.1 Å². The van der Waals surface area contributed by atoms with Gasteiger partial charge in [0.25, 0.3) is 0 Å². The molecule has 0 saturated carbocycles. The molecule has 0 spiro atoms. The number of aromatic nitrogens is 3. The summed E-state index contributed by atoms with van der Waals surface area (Å²) >= 11 is 3.82. The fourth-order valence-corrected chi connectivity index (χ4v) is 5.01. The van der Waals surface area contributed by atoms with Crippen molar-refractivity contribution in [3.8, 4) is 0 Å². The predicted octanol–water partition coefficient (Wildman–Crippen LogP) is 5.67. The third kappa shape index (κ3) is 4.37. The van der Waals surface area contributed by atoms with E-state index in [1.807, 2.05) is 48.3 Å². The molecular weight excluding hydrogens is 370 g/mol. The third-order valence-corrected chi connectivity index (χ3v) is 6.96. The molecule has 0 bridgehead atoms. The molecule has 27 heavy (non-hydrogen) atoms. The lowest BCUT2D eigenvalue weighted by Gasteiger charge is -2.12. The van der Waals surface area contributed by atoms with Gasteiger partial charge in [0.2, 0.25) is 0 Å². The molecule has 2 heterocycles. The largest absolute Gasteiger partial charge is 0.326 e. The second-order valence-electron chi connectivity index (χ2n) is 6.28. The first kappa shape index (κ1) is 18.1. The lowest BCUT2D eigenvalue weighted by atomic mass is 10.1. The molecule has 2 aromatic carbocycles. The number of benzene rings is 2. The molecule has 0 atom stereocenters. The SMILES string of the molecule is Cc1c(Cn2cnc3ccccc32)cccc1SCCSc1ccncc1. The number of rotatable bonds is 7. The molecule has 0 radical (unpaired) electrons. The highest BCUT2D eigenvalue weighted by Gasteiger charge is 2.08. The number of imidazole rings is 1. The van der Waals surface area contributed by atoms with E-state index in [0.29, 0.717) is 0 Å². The Morgan fingerprint density at radius 2 is 1.70 bits per heavy atom. The van der Waals surface area contributed by atoms with E-state index in [9.17, 15) is 0 Å². The van der Waals surface area contributed by atoms with Crippen LogP contribution in [0.1, 0.15) is 11.1 Å². The lowest BCUT2D eigenvalue weighted by Crippen LogP contribution is -2.01. The van der Waals surface area contributed by atoms with Crippen LogP contribution in [0.2, 0.25) is 0 Å². The minimum absolute atomic E-state index is 0.854. The molecule has 0 saturated heterocycles. The number of hydrogen-bond acceptors (Lipinski definition) is 4. The molecule has 0 aliphatic heterocycles. The van der Waals surface area contributed by atoms with Gasteiger partial charge in [-0.2, -0.15) is 0 Å². The van der Waals surface area contributed by atoms with Gasteiger partial charge in [-0.1, -0.05) is 24.3 Å². The Labute approximate surface area is 168 Å². The zero-order valence-corrected chi connectivity index (χ0v) is 16.8. The Kier molecular flexibility index (Phi) is 5.80. The van der Waals surface area contributed by atoms with Crippen LogP contribution in [0.5, 0.6) is 0 Å². The summed E-state index contributed by atoms with van der Waals surface area (Å²) in [5.74, 6) is 2.18. The van der Waals surface area contributed by atoms with Gasteiger partial charge in [0.15, 0.2) is 0 Å². The molecule has 0 aliphatic carbocycles. The molecule has 3 nitrogen and oxygen atoms in total. The standard InChI is InChI=1S/C22H21N3S2/c1-17-18(15-25-16-24-20-6-2-3-7-21(20)25)5-4-8-22(17)27-14-13-26-19-9-11-23-12-10-19/h2-12,16H,13-15H2,1H3. The average Bonchev–Trinajstić information content (AvgIpc) is 3.12. The van der Waals surface area contributed by atoms with Crippen LogP contribution in [-0.4, -0.2) is 26.0 Å². The fraction of sp³-hybridized carbons (Fsp3) is 0.182. The van der Waals surface area contributed by atoms with Crippen molar-refractivity contribution >= 4 is 34.6 Å². The fourth-order valence-electron chi connectivity index (χ4n) is 3.05. The van der Waals surface area contributed by atoms with E-state index in [4.69, 9.17) is 0 Å². The van der Waals surface area contributed by atoms with Crippen LogP contribution in [0, 0.1) is 6.92 Å². The second kappa shape index (κ2) is 8.63. The first-order chi connectivity index (χ1) is 13.3. The zero-order chi connectivity index (χ0) is 18.5. The van der Waals surface area contributed by atoms with Gasteiger partial charge in [-0.15, -0.1) is 23.5 Å². The Balaban J connectivity index is 1.41. The summed E-state index contributed by atoms with van der Waals surface area (Å²) in [6.45, 7) is 3.08. The monoisotopic (exact) mass is 391 g/mol. The Morgan fingerprint density at radius 1 is 0.889 bits per heavy atom. The van der Waals surface area contributed by atoms with Crippen molar-refractivity contribution in [2.45, 2.75) is 23.3 Å². The van der Waals surface area contributed by atoms with Crippen LogP contribution in [0.25, 0.3) is 11.0 Å². The van der Waals surface area contributed by atoms with Crippen LogP contribution in [-0.2, 0) is 6.54 Å². The number of hydrogen-bond donors (Lipinski definition) is 0. The van der Waals surface area contributed by atoms with Gasteiger partial charge in [0, 0.05) is 40.2 Å². The molecule has 136 valence electrons. The molecule has 0 fully saturated rings. The van der Waals surface area contributed by atoms with Crippen molar-refractivity contribution in [2.24, 2.45) is 0 Å². The van der Waals surface area contributed by atoms with Crippen LogP contribution in [0.3, 0.4) is 0 Å². The Hall–Kier alpha value is -2.24. The van der Waals surface area contributed by atoms with E-state index >= 15 is 0 Å². The van der Waals surface area contributed by atoms with E-state index in [-0.39, 0.29) is 0 Å². The van der Waals surface area contributed by atoms with Gasteiger partial charge in [-0.05, 0) is 48.4 Å². The van der Waals surface area contributed by atoms with Crippen molar-refractivity contribution in [3.63, 3.8) is 0 Å². The Morgan fingerprint density at radius 3 is 2.59 bits per heavy atom.